The Hall–Kier alpha value is -2.55. The van der Waals surface area contributed by atoms with Gasteiger partial charge >= 0.3 is 6.18 Å². The molecule has 3 aromatic rings. The molecule has 10 nitrogen and oxygen atoms in total. The van der Waals surface area contributed by atoms with Crippen molar-refractivity contribution in [1.82, 2.24) is 24.9 Å². The van der Waals surface area contributed by atoms with Crippen LogP contribution in [0.2, 0.25) is 15.2 Å². The van der Waals surface area contributed by atoms with E-state index in [2.05, 4.69) is 20.4 Å². The molecular formula is C18H13Cl3F3N5O5S. The number of alkyl halides is 3. The number of halogens is 6. The Labute approximate surface area is 210 Å². The third-order valence-corrected chi connectivity index (χ3v) is 7.52. The Morgan fingerprint density at radius 2 is 1.91 bits per heavy atom. The smallest absolute Gasteiger partial charge is 0.422 e. The minimum Gasteiger partial charge on any atom is -0.478 e. The molecule has 1 aliphatic heterocycles. The molecule has 1 N–H and O–H groups in total. The molecule has 1 amide bonds. The van der Waals surface area contributed by atoms with Crippen molar-refractivity contribution in [3.8, 4) is 17.5 Å². The second-order valence-corrected chi connectivity index (χ2v) is 11.1. The van der Waals surface area contributed by atoms with Gasteiger partial charge in [-0.1, -0.05) is 34.8 Å². The lowest BCUT2D eigenvalue weighted by Crippen LogP contribution is -2.63. The van der Waals surface area contributed by atoms with Gasteiger partial charge in [-0.15, -0.1) is 5.10 Å². The maximum atomic E-state index is 12.7. The van der Waals surface area contributed by atoms with Crippen molar-refractivity contribution in [3.05, 3.63) is 39.2 Å². The lowest BCUT2D eigenvalue weighted by molar-refractivity contribution is -0.153. The topological polar surface area (TPSA) is 125 Å². The van der Waals surface area contributed by atoms with Crippen LogP contribution in [0.15, 0.2) is 18.3 Å². The van der Waals surface area contributed by atoms with Gasteiger partial charge in [0, 0.05) is 18.3 Å². The molecule has 4 rings (SSSR count). The van der Waals surface area contributed by atoms with E-state index in [1.54, 1.807) is 6.92 Å². The SMILES string of the molecule is CC1(NC(=O)c2nc3cc(Cl)c(Oc4ncc(Cl)cc4OCC(F)(F)F)nn3c2Cl)CS(=O)(=O)C1. The number of hydrogen-bond donors (Lipinski definition) is 1. The molecule has 0 aliphatic carbocycles. The van der Waals surface area contributed by atoms with Crippen LogP contribution in [0.4, 0.5) is 13.2 Å². The molecule has 0 spiro atoms. The zero-order valence-electron chi connectivity index (χ0n) is 17.4. The van der Waals surface area contributed by atoms with Gasteiger partial charge in [0.15, 0.2) is 38.7 Å². The van der Waals surface area contributed by atoms with Crippen molar-refractivity contribution < 1.29 is 35.9 Å². The molecule has 0 bridgehead atoms. The van der Waals surface area contributed by atoms with Gasteiger partial charge in [0.2, 0.25) is 0 Å². The molecule has 188 valence electrons. The quantitative estimate of drug-likeness (QED) is 0.472. The van der Waals surface area contributed by atoms with Crippen LogP contribution in [0.1, 0.15) is 17.4 Å². The number of ether oxygens (including phenoxy) is 2. The summed E-state index contributed by atoms with van der Waals surface area (Å²) < 4.78 is 71.8. The molecule has 0 radical (unpaired) electrons. The minimum absolute atomic E-state index is 0.00898. The van der Waals surface area contributed by atoms with E-state index in [0.717, 1.165) is 16.8 Å². The first-order valence-corrected chi connectivity index (χ1v) is 12.4. The number of fused-ring (bicyclic) bond motifs is 1. The van der Waals surface area contributed by atoms with Crippen LogP contribution in [0, 0.1) is 0 Å². The molecule has 4 heterocycles. The number of carbonyl (C=O) groups is 1. The first kappa shape index (κ1) is 25.5. The standard InChI is InChI=1S/C18H13Cl3F3N5O5S/c1-17(6-35(31,32)7-17)27-14(30)12-13(21)29-11(26-12)3-9(20)15(28-29)34-16-10(2-8(19)4-25-16)33-5-18(22,23)24/h2-4H,5-7H2,1H3,(H,27,30). The number of amides is 1. The van der Waals surface area contributed by atoms with E-state index in [4.69, 9.17) is 44.3 Å². The average Bonchev–Trinajstić information content (AvgIpc) is 3.01. The predicted octanol–water partition coefficient (Wildman–Crippen LogP) is 3.73. The van der Waals surface area contributed by atoms with E-state index >= 15 is 0 Å². The van der Waals surface area contributed by atoms with Crippen molar-refractivity contribution in [1.29, 1.82) is 0 Å². The van der Waals surface area contributed by atoms with Crippen molar-refractivity contribution in [3.63, 3.8) is 0 Å². The number of sulfone groups is 1. The largest absolute Gasteiger partial charge is 0.478 e. The van der Waals surface area contributed by atoms with Gasteiger partial charge in [0.05, 0.1) is 22.1 Å². The Bertz CT molecular complexity index is 1440. The van der Waals surface area contributed by atoms with E-state index in [0.29, 0.717) is 0 Å². The van der Waals surface area contributed by atoms with Crippen LogP contribution in [0.5, 0.6) is 17.5 Å². The summed E-state index contributed by atoms with van der Waals surface area (Å²) in [7, 11) is -3.22. The molecule has 1 aliphatic rings. The highest BCUT2D eigenvalue weighted by atomic mass is 35.5. The monoisotopic (exact) mass is 573 g/mol. The maximum Gasteiger partial charge on any atom is 0.422 e. The van der Waals surface area contributed by atoms with Crippen molar-refractivity contribution >= 4 is 56.2 Å². The van der Waals surface area contributed by atoms with E-state index in [9.17, 15) is 26.4 Å². The molecule has 1 fully saturated rings. The fourth-order valence-corrected chi connectivity index (χ4v) is 5.87. The van der Waals surface area contributed by atoms with Gasteiger partial charge in [-0.3, -0.25) is 4.79 Å². The first-order chi connectivity index (χ1) is 16.1. The molecule has 35 heavy (non-hydrogen) atoms. The molecular weight excluding hydrogens is 562 g/mol. The van der Waals surface area contributed by atoms with Gasteiger partial charge in [0.25, 0.3) is 17.7 Å². The summed E-state index contributed by atoms with van der Waals surface area (Å²) in [5, 5.41) is 6.22. The summed E-state index contributed by atoms with van der Waals surface area (Å²) in [5.41, 5.74) is -1.18. The summed E-state index contributed by atoms with van der Waals surface area (Å²) in [6.07, 6.45) is -3.52. The number of nitrogens with zero attached hydrogens (tertiary/aromatic N) is 4. The molecule has 0 atom stereocenters. The highest BCUT2D eigenvalue weighted by Crippen LogP contribution is 2.35. The Morgan fingerprint density at radius 3 is 2.54 bits per heavy atom. The summed E-state index contributed by atoms with van der Waals surface area (Å²) in [6, 6.07) is 2.31. The summed E-state index contributed by atoms with van der Waals surface area (Å²) in [4.78, 5) is 20.5. The number of nitrogens with one attached hydrogen (secondary N) is 1. The highest BCUT2D eigenvalue weighted by molar-refractivity contribution is 7.93. The van der Waals surface area contributed by atoms with E-state index in [-0.39, 0.29) is 43.9 Å². The summed E-state index contributed by atoms with van der Waals surface area (Å²) >= 11 is 18.2. The number of imidazole rings is 1. The fraction of sp³-hybridized carbons (Fsp3) is 0.333. The van der Waals surface area contributed by atoms with E-state index < -0.39 is 45.7 Å². The summed E-state index contributed by atoms with van der Waals surface area (Å²) in [6.45, 7) is -0.0636. The van der Waals surface area contributed by atoms with Gasteiger partial charge in [-0.25, -0.2) is 18.4 Å². The highest BCUT2D eigenvalue weighted by Gasteiger charge is 2.46. The fourth-order valence-electron chi connectivity index (χ4n) is 3.30. The number of rotatable bonds is 6. The van der Waals surface area contributed by atoms with Gasteiger partial charge in [0.1, 0.15) is 5.02 Å². The van der Waals surface area contributed by atoms with E-state index in [1.807, 2.05) is 0 Å². The van der Waals surface area contributed by atoms with Gasteiger partial charge in [-0.2, -0.15) is 17.7 Å². The van der Waals surface area contributed by atoms with Crippen molar-refractivity contribution in [2.24, 2.45) is 0 Å². The zero-order chi connectivity index (χ0) is 25.8. The van der Waals surface area contributed by atoms with Crippen LogP contribution in [0.25, 0.3) is 5.65 Å². The predicted molar refractivity (Wildman–Crippen MR) is 118 cm³/mol. The molecule has 0 saturated carbocycles. The number of hydrogen-bond acceptors (Lipinski definition) is 8. The van der Waals surface area contributed by atoms with E-state index in [1.165, 1.54) is 6.07 Å². The van der Waals surface area contributed by atoms with Crippen LogP contribution in [-0.2, 0) is 9.84 Å². The lowest BCUT2D eigenvalue weighted by Gasteiger charge is -2.38. The van der Waals surface area contributed by atoms with Gasteiger partial charge < -0.3 is 14.8 Å². The molecule has 0 aromatic carbocycles. The van der Waals surface area contributed by atoms with Crippen molar-refractivity contribution in [2.75, 3.05) is 18.1 Å². The minimum atomic E-state index is -4.63. The first-order valence-electron chi connectivity index (χ1n) is 9.45. The van der Waals surface area contributed by atoms with Crippen LogP contribution in [0.3, 0.4) is 0 Å². The Kier molecular flexibility index (Phi) is 6.45. The van der Waals surface area contributed by atoms with Crippen LogP contribution < -0.4 is 14.8 Å². The number of carbonyl (C=O) groups excluding carboxylic acids is 1. The average molecular weight is 575 g/mol. The maximum absolute atomic E-state index is 12.7. The Balaban J connectivity index is 1.62. The normalized spacial score (nSPS) is 16.5. The second kappa shape index (κ2) is 8.84. The number of pyridine rings is 1. The second-order valence-electron chi connectivity index (χ2n) is 7.83. The van der Waals surface area contributed by atoms with Crippen LogP contribution in [-0.4, -0.2) is 63.7 Å². The molecule has 3 aromatic heterocycles. The third kappa shape index (κ3) is 5.66. The molecule has 17 heteroatoms. The van der Waals surface area contributed by atoms with Gasteiger partial charge in [-0.05, 0) is 6.92 Å². The lowest BCUT2D eigenvalue weighted by atomic mass is 10.1. The molecule has 0 unspecified atom stereocenters. The molecule has 1 saturated heterocycles. The third-order valence-electron chi connectivity index (χ3n) is 4.55. The zero-order valence-corrected chi connectivity index (χ0v) is 20.4. The number of aromatic nitrogens is 4. The Morgan fingerprint density at radius 1 is 1.23 bits per heavy atom. The van der Waals surface area contributed by atoms with Crippen LogP contribution >= 0.6 is 34.8 Å². The summed E-state index contributed by atoms with van der Waals surface area (Å²) in [5.74, 6) is -2.38. The van der Waals surface area contributed by atoms with Crippen molar-refractivity contribution in [2.45, 2.75) is 18.6 Å².